The molecule has 0 aliphatic carbocycles. The Morgan fingerprint density at radius 1 is 1.46 bits per heavy atom. The van der Waals surface area contributed by atoms with Crippen LogP contribution in [0.2, 0.25) is 0 Å². The number of halogens is 3. The van der Waals surface area contributed by atoms with Crippen LogP contribution in [0.5, 0.6) is 5.75 Å². The minimum absolute atomic E-state index is 0.129. The van der Waals surface area contributed by atoms with Gasteiger partial charge in [-0.05, 0) is 26.0 Å². The molecule has 24 heavy (non-hydrogen) atoms. The van der Waals surface area contributed by atoms with E-state index in [2.05, 4.69) is 15.2 Å². The van der Waals surface area contributed by atoms with Gasteiger partial charge in [-0.2, -0.15) is 8.78 Å². The number of hydrogen-bond donors (Lipinski definition) is 2. The number of benzene rings is 1. The summed E-state index contributed by atoms with van der Waals surface area (Å²) in [6, 6.07) is 4.83. The van der Waals surface area contributed by atoms with Crippen molar-refractivity contribution in [2.24, 2.45) is 5.73 Å². The third-order valence-corrected chi connectivity index (χ3v) is 3.11. The van der Waals surface area contributed by atoms with E-state index < -0.39 is 23.9 Å². The molecule has 0 unspecified atom stereocenters. The van der Waals surface area contributed by atoms with E-state index in [-0.39, 0.29) is 23.6 Å². The van der Waals surface area contributed by atoms with Crippen LogP contribution in [0.1, 0.15) is 35.7 Å². The van der Waals surface area contributed by atoms with Gasteiger partial charge in [0.05, 0.1) is 5.54 Å². The standard InChI is InChI=1S/C15H16F3N3O3/c1-15(2,19)12-6-11(24-21-12)13(22)20-7-8-9(16)4-3-5-10(8)23-14(17)18/h3-6,14H,7,19H2,1-2H3,(H,20,22). The molecule has 0 atom stereocenters. The number of ether oxygens (including phenoxy) is 1. The van der Waals surface area contributed by atoms with Gasteiger partial charge in [-0.25, -0.2) is 4.39 Å². The highest BCUT2D eigenvalue weighted by Gasteiger charge is 2.22. The molecule has 0 bridgehead atoms. The number of nitrogens with one attached hydrogen (secondary N) is 1. The topological polar surface area (TPSA) is 90.4 Å². The molecule has 1 heterocycles. The zero-order valence-electron chi connectivity index (χ0n) is 13.0. The van der Waals surface area contributed by atoms with Gasteiger partial charge >= 0.3 is 6.61 Å². The summed E-state index contributed by atoms with van der Waals surface area (Å²) in [5.41, 5.74) is 5.19. The number of alkyl halides is 2. The Balaban J connectivity index is 2.11. The van der Waals surface area contributed by atoms with Crippen LogP contribution in [-0.4, -0.2) is 17.7 Å². The van der Waals surface area contributed by atoms with Crippen molar-refractivity contribution in [3.8, 4) is 5.75 Å². The van der Waals surface area contributed by atoms with Crippen LogP contribution in [0, 0.1) is 5.82 Å². The second-order valence-corrected chi connectivity index (χ2v) is 5.58. The average molecular weight is 343 g/mol. The lowest BCUT2D eigenvalue weighted by atomic mass is 10.0. The molecule has 2 rings (SSSR count). The Labute approximate surface area is 135 Å². The van der Waals surface area contributed by atoms with Gasteiger partial charge < -0.3 is 20.3 Å². The van der Waals surface area contributed by atoms with Gasteiger partial charge in [0.2, 0.25) is 5.76 Å². The van der Waals surface area contributed by atoms with Crippen molar-refractivity contribution < 1.29 is 27.2 Å². The summed E-state index contributed by atoms with van der Waals surface area (Å²) in [5.74, 6) is -1.96. The minimum atomic E-state index is -3.11. The van der Waals surface area contributed by atoms with E-state index >= 15 is 0 Å². The van der Waals surface area contributed by atoms with Crippen LogP contribution < -0.4 is 15.8 Å². The second-order valence-electron chi connectivity index (χ2n) is 5.58. The van der Waals surface area contributed by atoms with E-state index in [9.17, 15) is 18.0 Å². The molecule has 1 amide bonds. The fourth-order valence-electron chi connectivity index (χ4n) is 1.86. The smallest absolute Gasteiger partial charge is 0.387 e. The SMILES string of the molecule is CC(C)(N)c1cc(C(=O)NCc2c(F)cccc2OC(F)F)on1. The summed E-state index contributed by atoms with van der Waals surface area (Å²) < 4.78 is 47.6. The second kappa shape index (κ2) is 6.91. The Hall–Kier alpha value is -2.55. The summed E-state index contributed by atoms with van der Waals surface area (Å²) in [5, 5.41) is 6.04. The van der Waals surface area contributed by atoms with Crippen molar-refractivity contribution in [2.45, 2.75) is 32.5 Å². The lowest BCUT2D eigenvalue weighted by molar-refractivity contribution is -0.0506. The number of nitrogens with two attached hydrogens (primary N) is 1. The van der Waals surface area contributed by atoms with Gasteiger partial charge in [0, 0.05) is 18.2 Å². The van der Waals surface area contributed by atoms with Crippen LogP contribution in [0.3, 0.4) is 0 Å². The fourth-order valence-corrected chi connectivity index (χ4v) is 1.86. The first kappa shape index (κ1) is 17.8. The lowest BCUT2D eigenvalue weighted by Gasteiger charge is -2.13. The molecular weight excluding hydrogens is 327 g/mol. The summed E-state index contributed by atoms with van der Waals surface area (Å²) in [6.07, 6.45) is 0. The molecule has 1 aromatic carbocycles. The highest BCUT2D eigenvalue weighted by atomic mass is 19.3. The van der Waals surface area contributed by atoms with Gasteiger partial charge in [0.15, 0.2) is 0 Å². The Morgan fingerprint density at radius 2 is 2.17 bits per heavy atom. The van der Waals surface area contributed by atoms with Gasteiger partial charge in [0.25, 0.3) is 5.91 Å². The predicted molar refractivity (Wildman–Crippen MR) is 77.9 cm³/mol. The molecule has 0 aliphatic heterocycles. The third kappa shape index (κ3) is 4.25. The van der Waals surface area contributed by atoms with Crippen LogP contribution in [0.15, 0.2) is 28.8 Å². The van der Waals surface area contributed by atoms with Crippen LogP contribution >= 0.6 is 0 Å². The van der Waals surface area contributed by atoms with Crippen molar-refractivity contribution in [1.82, 2.24) is 10.5 Å². The zero-order valence-corrected chi connectivity index (χ0v) is 13.0. The maximum Gasteiger partial charge on any atom is 0.387 e. The molecule has 1 aromatic heterocycles. The number of amides is 1. The van der Waals surface area contributed by atoms with Crippen LogP contribution in [0.4, 0.5) is 13.2 Å². The number of aromatic nitrogens is 1. The molecular formula is C15H16F3N3O3. The van der Waals surface area contributed by atoms with E-state index in [0.717, 1.165) is 6.07 Å². The van der Waals surface area contributed by atoms with Crippen molar-refractivity contribution in [2.75, 3.05) is 0 Å². The van der Waals surface area contributed by atoms with Crippen molar-refractivity contribution in [3.05, 3.63) is 47.1 Å². The van der Waals surface area contributed by atoms with Gasteiger partial charge in [-0.3, -0.25) is 4.79 Å². The maximum atomic E-state index is 13.8. The van der Waals surface area contributed by atoms with E-state index in [1.165, 1.54) is 18.2 Å². The number of carbonyl (C=O) groups excluding carboxylic acids is 1. The molecule has 0 saturated heterocycles. The first-order chi connectivity index (χ1) is 11.2. The highest BCUT2D eigenvalue weighted by molar-refractivity contribution is 5.91. The maximum absolute atomic E-state index is 13.8. The zero-order chi connectivity index (χ0) is 17.9. The summed E-state index contributed by atoms with van der Waals surface area (Å²) >= 11 is 0. The average Bonchev–Trinajstić information content (AvgIpc) is 2.95. The lowest BCUT2D eigenvalue weighted by Crippen LogP contribution is -2.29. The molecule has 0 spiro atoms. The van der Waals surface area contributed by atoms with E-state index in [4.69, 9.17) is 10.3 Å². The molecule has 9 heteroatoms. The largest absolute Gasteiger partial charge is 0.434 e. The van der Waals surface area contributed by atoms with Crippen LogP contribution in [0.25, 0.3) is 0 Å². The molecule has 0 saturated carbocycles. The van der Waals surface area contributed by atoms with Crippen LogP contribution in [-0.2, 0) is 12.1 Å². The van der Waals surface area contributed by atoms with Crippen molar-refractivity contribution in [3.63, 3.8) is 0 Å². The summed E-state index contributed by atoms with van der Waals surface area (Å²) in [6.45, 7) is -0.111. The van der Waals surface area contributed by atoms with Crippen molar-refractivity contribution in [1.29, 1.82) is 0 Å². The Bertz CT molecular complexity index is 726. The first-order valence-corrected chi connectivity index (χ1v) is 6.95. The molecule has 0 aliphatic rings. The Morgan fingerprint density at radius 3 is 2.75 bits per heavy atom. The molecule has 6 nitrogen and oxygen atoms in total. The molecule has 0 fully saturated rings. The number of hydrogen-bond acceptors (Lipinski definition) is 5. The van der Waals surface area contributed by atoms with Gasteiger partial charge in [-0.1, -0.05) is 11.2 Å². The predicted octanol–water partition coefficient (Wildman–Crippen LogP) is 2.54. The highest BCUT2D eigenvalue weighted by Crippen LogP contribution is 2.23. The van der Waals surface area contributed by atoms with Crippen molar-refractivity contribution >= 4 is 5.91 Å². The monoisotopic (exact) mass is 343 g/mol. The quantitative estimate of drug-likeness (QED) is 0.841. The Kier molecular flexibility index (Phi) is 5.13. The fraction of sp³-hybridized carbons (Fsp3) is 0.333. The first-order valence-electron chi connectivity index (χ1n) is 6.95. The molecule has 3 N–H and O–H groups in total. The normalized spacial score (nSPS) is 11.6. The van der Waals surface area contributed by atoms with Gasteiger partial charge in [-0.15, -0.1) is 0 Å². The van der Waals surface area contributed by atoms with E-state index in [1.54, 1.807) is 13.8 Å². The molecule has 130 valence electrons. The van der Waals surface area contributed by atoms with Gasteiger partial charge in [0.1, 0.15) is 17.3 Å². The van der Waals surface area contributed by atoms with E-state index in [1.807, 2.05) is 0 Å². The minimum Gasteiger partial charge on any atom is -0.434 e. The number of carbonyl (C=O) groups is 1. The van der Waals surface area contributed by atoms with E-state index in [0.29, 0.717) is 5.69 Å². The molecule has 0 radical (unpaired) electrons. The molecule has 2 aromatic rings. The number of nitrogens with zero attached hydrogens (tertiary/aromatic N) is 1. The summed E-state index contributed by atoms with van der Waals surface area (Å²) in [7, 11) is 0. The third-order valence-electron chi connectivity index (χ3n) is 3.11. The number of rotatable bonds is 6. The summed E-state index contributed by atoms with van der Waals surface area (Å²) in [4.78, 5) is 12.0.